The van der Waals surface area contributed by atoms with E-state index in [1.807, 2.05) is 54.6 Å². The number of aryl methyl sites for hydroxylation is 1. The van der Waals surface area contributed by atoms with E-state index in [-0.39, 0.29) is 5.91 Å². The maximum atomic E-state index is 13.2. The van der Waals surface area contributed by atoms with Gasteiger partial charge in [-0.25, -0.2) is 0 Å². The summed E-state index contributed by atoms with van der Waals surface area (Å²) < 4.78 is 18.3. The number of thioether (sulfide) groups is 1. The molecule has 1 amide bonds. The van der Waals surface area contributed by atoms with Gasteiger partial charge in [0.1, 0.15) is 5.75 Å². The van der Waals surface area contributed by atoms with Gasteiger partial charge in [0.15, 0.2) is 15.8 Å². The molecular weight excluding hydrogens is 502 g/mol. The molecule has 7 heteroatoms. The molecular formula is C30H31NO4S2. The number of amides is 1. The first-order valence-electron chi connectivity index (χ1n) is 12.2. The van der Waals surface area contributed by atoms with Crippen molar-refractivity contribution in [2.45, 2.75) is 33.1 Å². The minimum Gasteiger partial charge on any atom is -0.493 e. The third-order valence-corrected chi connectivity index (χ3v) is 7.21. The normalized spacial score (nSPS) is 14.5. The third-order valence-electron chi connectivity index (χ3n) is 5.91. The second kappa shape index (κ2) is 12.3. The molecule has 0 unspecified atom stereocenters. The minimum atomic E-state index is -0.150. The number of ether oxygens (including phenoxy) is 3. The van der Waals surface area contributed by atoms with E-state index in [2.05, 4.69) is 39.0 Å². The topological polar surface area (TPSA) is 48.0 Å². The number of hydrogen-bond donors (Lipinski definition) is 0. The van der Waals surface area contributed by atoms with Gasteiger partial charge in [-0.2, -0.15) is 0 Å². The smallest absolute Gasteiger partial charge is 0.270 e. The van der Waals surface area contributed by atoms with Gasteiger partial charge in [-0.05, 0) is 54.3 Å². The fraction of sp³-hybridized carbons (Fsp3) is 0.267. The van der Waals surface area contributed by atoms with Crippen molar-refractivity contribution in [3.63, 3.8) is 0 Å². The van der Waals surface area contributed by atoms with Crippen molar-refractivity contribution in [2.24, 2.45) is 0 Å². The molecule has 3 aromatic rings. The van der Waals surface area contributed by atoms with Crippen LogP contribution in [0, 0.1) is 6.92 Å². The molecule has 192 valence electrons. The first-order valence-corrected chi connectivity index (χ1v) is 13.5. The molecule has 0 radical (unpaired) electrons. The highest BCUT2D eigenvalue weighted by Gasteiger charge is 2.33. The van der Waals surface area contributed by atoms with Crippen LogP contribution in [0.15, 0.2) is 71.6 Å². The molecule has 1 aliphatic heterocycles. The molecule has 1 saturated heterocycles. The van der Waals surface area contributed by atoms with Crippen molar-refractivity contribution >= 4 is 46.0 Å². The molecule has 4 rings (SSSR count). The Morgan fingerprint density at radius 3 is 2.46 bits per heavy atom. The predicted octanol–water partition coefficient (Wildman–Crippen LogP) is 7.38. The maximum Gasteiger partial charge on any atom is 0.270 e. The fourth-order valence-corrected chi connectivity index (χ4v) is 5.32. The van der Waals surface area contributed by atoms with Crippen LogP contribution >= 0.6 is 24.0 Å². The van der Waals surface area contributed by atoms with E-state index < -0.39 is 0 Å². The summed E-state index contributed by atoms with van der Waals surface area (Å²) in [6.07, 6.45) is 2.51. The Morgan fingerprint density at radius 1 is 0.973 bits per heavy atom. The molecule has 0 saturated carbocycles. The number of anilines is 1. The van der Waals surface area contributed by atoms with Gasteiger partial charge in [0.05, 0.1) is 30.9 Å². The summed E-state index contributed by atoms with van der Waals surface area (Å²) in [7, 11) is 1.61. The summed E-state index contributed by atoms with van der Waals surface area (Å²) in [5.74, 6) is 2.36. The average molecular weight is 534 g/mol. The van der Waals surface area contributed by atoms with E-state index in [4.69, 9.17) is 26.4 Å². The molecule has 0 aliphatic carbocycles. The van der Waals surface area contributed by atoms with Crippen molar-refractivity contribution in [1.29, 1.82) is 0 Å². The monoisotopic (exact) mass is 533 g/mol. The molecule has 0 N–H and O–H groups in total. The Bertz CT molecular complexity index is 1300. The molecule has 0 spiro atoms. The van der Waals surface area contributed by atoms with Crippen molar-refractivity contribution in [3.8, 4) is 17.2 Å². The van der Waals surface area contributed by atoms with Crippen LogP contribution in [0.3, 0.4) is 0 Å². The Hall–Kier alpha value is -3.29. The molecule has 0 bridgehead atoms. The van der Waals surface area contributed by atoms with E-state index in [0.29, 0.717) is 46.3 Å². The van der Waals surface area contributed by atoms with Crippen LogP contribution in [0.25, 0.3) is 6.08 Å². The lowest BCUT2D eigenvalue weighted by Crippen LogP contribution is -2.27. The molecule has 1 heterocycles. The lowest BCUT2D eigenvalue weighted by Gasteiger charge is -2.16. The number of thiocarbonyl (C=S) groups is 1. The first-order chi connectivity index (χ1) is 17.9. The van der Waals surface area contributed by atoms with Crippen LogP contribution in [0.5, 0.6) is 17.2 Å². The van der Waals surface area contributed by atoms with E-state index in [1.165, 1.54) is 22.9 Å². The van der Waals surface area contributed by atoms with Gasteiger partial charge in [0.2, 0.25) is 0 Å². The molecule has 0 aromatic heterocycles. The number of nitrogens with zero attached hydrogens (tertiary/aromatic N) is 1. The van der Waals surface area contributed by atoms with Crippen LogP contribution < -0.4 is 19.1 Å². The summed E-state index contributed by atoms with van der Waals surface area (Å²) >= 11 is 6.78. The zero-order chi connectivity index (χ0) is 26.4. The zero-order valence-corrected chi connectivity index (χ0v) is 23.2. The Labute approximate surface area is 228 Å². The summed E-state index contributed by atoms with van der Waals surface area (Å²) in [5, 5.41) is 0. The molecule has 1 fully saturated rings. The standard InChI is InChI=1S/C30H31NO4S2/c1-20(2)24-15-14-21(3)18-26(24)34-16-9-17-35-28-22(10-8-13-25(28)33-4)19-27-29(32)31(30(36)37-27)23-11-6-5-7-12-23/h5-8,10-15,18-20H,9,16-17H2,1-4H3/b27-19-. The number of carbonyl (C=O) groups excluding carboxylic acids is 1. The van der Waals surface area contributed by atoms with Crippen LogP contribution in [-0.4, -0.2) is 30.6 Å². The van der Waals surface area contributed by atoms with E-state index in [0.717, 1.165) is 17.0 Å². The Morgan fingerprint density at radius 2 is 1.73 bits per heavy atom. The second-order valence-corrected chi connectivity index (χ2v) is 10.7. The van der Waals surface area contributed by atoms with Gasteiger partial charge >= 0.3 is 0 Å². The number of benzene rings is 3. The van der Waals surface area contributed by atoms with Gasteiger partial charge in [0, 0.05) is 12.0 Å². The Kier molecular flexibility index (Phi) is 8.90. The zero-order valence-electron chi connectivity index (χ0n) is 21.5. The van der Waals surface area contributed by atoms with Gasteiger partial charge in [-0.15, -0.1) is 0 Å². The van der Waals surface area contributed by atoms with E-state index in [9.17, 15) is 4.79 Å². The fourth-order valence-electron chi connectivity index (χ4n) is 4.03. The SMILES string of the molecule is COc1cccc(/C=C2\SC(=S)N(c3ccccc3)C2=O)c1OCCCOc1cc(C)ccc1C(C)C. The summed E-state index contributed by atoms with van der Waals surface area (Å²) in [6.45, 7) is 7.37. The maximum absolute atomic E-state index is 13.2. The molecule has 0 atom stereocenters. The predicted molar refractivity (Wildman–Crippen MR) is 156 cm³/mol. The second-order valence-electron chi connectivity index (χ2n) is 8.98. The number of carbonyl (C=O) groups is 1. The third kappa shape index (κ3) is 6.35. The number of hydrogen-bond acceptors (Lipinski definition) is 6. The van der Waals surface area contributed by atoms with Crippen LogP contribution in [0.2, 0.25) is 0 Å². The van der Waals surface area contributed by atoms with Crippen LogP contribution in [-0.2, 0) is 4.79 Å². The van der Waals surface area contributed by atoms with Gasteiger partial charge in [-0.1, -0.05) is 80.3 Å². The lowest BCUT2D eigenvalue weighted by atomic mass is 10.0. The largest absolute Gasteiger partial charge is 0.493 e. The highest BCUT2D eigenvalue weighted by molar-refractivity contribution is 8.27. The van der Waals surface area contributed by atoms with Crippen molar-refractivity contribution in [2.75, 3.05) is 25.2 Å². The molecule has 3 aromatic carbocycles. The average Bonchev–Trinajstić information content (AvgIpc) is 3.17. The minimum absolute atomic E-state index is 0.150. The van der Waals surface area contributed by atoms with Crippen LogP contribution in [0.1, 0.15) is 42.9 Å². The molecule has 37 heavy (non-hydrogen) atoms. The summed E-state index contributed by atoms with van der Waals surface area (Å²) in [5.41, 5.74) is 3.89. The van der Waals surface area contributed by atoms with Gasteiger partial charge in [-0.3, -0.25) is 9.69 Å². The highest BCUT2D eigenvalue weighted by Crippen LogP contribution is 2.39. The lowest BCUT2D eigenvalue weighted by molar-refractivity contribution is -0.113. The summed E-state index contributed by atoms with van der Waals surface area (Å²) in [4.78, 5) is 15.3. The van der Waals surface area contributed by atoms with Gasteiger partial charge < -0.3 is 14.2 Å². The number of methoxy groups -OCH3 is 1. The quantitative estimate of drug-likeness (QED) is 0.154. The molecule has 1 aliphatic rings. The Balaban J connectivity index is 1.45. The summed E-state index contributed by atoms with van der Waals surface area (Å²) in [6, 6.07) is 21.4. The number of rotatable bonds is 10. The first kappa shape index (κ1) is 26.8. The highest BCUT2D eigenvalue weighted by atomic mass is 32.2. The van der Waals surface area contributed by atoms with Gasteiger partial charge in [0.25, 0.3) is 5.91 Å². The van der Waals surface area contributed by atoms with Crippen molar-refractivity contribution in [1.82, 2.24) is 0 Å². The number of para-hydroxylation sites is 2. The van der Waals surface area contributed by atoms with E-state index in [1.54, 1.807) is 12.0 Å². The van der Waals surface area contributed by atoms with E-state index >= 15 is 0 Å². The van der Waals surface area contributed by atoms with Crippen LogP contribution in [0.4, 0.5) is 5.69 Å². The van der Waals surface area contributed by atoms with Crippen molar-refractivity contribution in [3.05, 3.63) is 88.3 Å². The molecule has 5 nitrogen and oxygen atoms in total. The van der Waals surface area contributed by atoms with Crippen molar-refractivity contribution < 1.29 is 19.0 Å².